The maximum absolute atomic E-state index is 12.8. The van der Waals surface area contributed by atoms with Crippen molar-refractivity contribution in [3.8, 4) is 0 Å². The Labute approximate surface area is 117 Å². The van der Waals surface area contributed by atoms with Gasteiger partial charge in [-0.3, -0.25) is 0 Å². The molecule has 2 unspecified atom stereocenters. The van der Waals surface area contributed by atoms with Crippen molar-refractivity contribution < 1.29 is 13.2 Å². The molecule has 0 radical (unpaired) electrons. The SMILES string of the molecule is NC1CC(C(F)(F)F)Cn2nc(Cc3cccs3)nc21. The summed E-state index contributed by atoms with van der Waals surface area (Å²) in [6.45, 7) is -0.191. The van der Waals surface area contributed by atoms with Crippen molar-refractivity contribution in [1.82, 2.24) is 14.8 Å². The molecule has 3 rings (SSSR count). The standard InChI is InChI=1S/C12H13F3N4S/c13-12(14,15)7-4-9(16)11-17-10(18-19(11)6-7)5-8-2-1-3-20-8/h1-3,7,9H,4-6,16H2. The van der Waals surface area contributed by atoms with Gasteiger partial charge >= 0.3 is 6.18 Å². The number of hydrogen-bond acceptors (Lipinski definition) is 4. The van der Waals surface area contributed by atoms with Crippen LogP contribution in [-0.4, -0.2) is 20.9 Å². The Balaban J connectivity index is 1.84. The highest BCUT2D eigenvalue weighted by Gasteiger charge is 2.44. The molecule has 1 aliphatic rings. The van der Waals surface area contributed by atoms with Gasteiger partial charge < -0.3 is 5.73 Å². The minimum atomic E-state index is -4.24. The van der Waals surface area contributed by atoms with E-state index < -0.39 is 18.1 Å². The maximum Gasteiger partial charge on any atom is 0.393 e. The monoisotopic (exact) mass is 302 g/mol. The highest BCUT2D eigenvalue weighted by molar-refractivity contribution is 7.09. The molecule has 108 valence electrons. The molecule has 0 fully saturated rings. The van der Waals surface area contributed by atoms with Crippen molar-refractivity contribution >= 4 is 11.3 Å². The van der Waals surface area contributed by atoms with Gasteiger partial charge in [0, 0.05) is 11.3 Å². The number of alkyl halides is 3. The summed E-state index contributed by atoms with van der Waals surface area (Å²) in [5.74, 6) is -0.459. The highest BCUT2D eigenvalue weighted by atomic mass is 32.1. The molecule has 4 nitrogen and oxygen atoms in total. The van der Waals surface area contributed by atoms with E-state index in [2.05, 4.69) is 10.1 Å². The molecule has 0 bridgehead atoms. The third kappa shape index (κ3) is 2.57. The number of nitrogens with two attached hydrogens (primary N) is 1. The average molecular weight is 302 g/mol. The zero-order valence-electron chi connectivity index (χ0n) is 10.5. The fraction of sp³-hybridized carbons (Fsp3) is 0.500. The third-order valence-corrected chi connectivity index (χ3v) is 4.26. The Morgan fingerprint density at radius 3 is 2.90 bits per heavy atom. The summed E-state index contributed by atoms with van der Waals surface area (Å²) < 4.78 is 39.7. The normalized spacial score (nSPS) is 22.8. The van der Waals surface area contributed by atoms with Crippen LogP contribution in [0.2, 0.25) is 0 Å². The minimum absolute atomic E-state index is 0.124. The van der Waals surface area contributed by atoms with Gasteiger partial charge in [-0.25, -0.2) is 9.67 Å². The summed E-state index contributed by atoms with van der Waals surface area (Å²) in [5.41, 5.74) is 5.80. The number of halogens is 3. The second kappa shape index (κ2) is 4.85. The first-order valence-corrected chi connectivity index (χ1v) is 7.09. The highest BCUT2D eigenvalue weighted by Crippen LogP contribution is 2.37. The van der Waals surface area contributed by atoms with Gasteiger partial charge in [0.1, 0.15) is 5.82 Å². The van der Waals surface area contributed by atoms with Crippen molar-refractivity contribution in [2.24, 2.45) is 11.7 Å². The Hall–Kier alpha value is -1.41. The van der Waals surface area contributed by atoms with Crippen molar-refractivity contribution in [3.63, 3.8) is 0 Å². The van der Waals surface area contributed by atoms with E-state index in [9.17, 15) is 13.2 Å². The number of rotatable bonds is 2. The first-order chi connectivity index (χ1) is 9.43. The van der Waals surface area contributed by atoms with Gasteiger partial charge in [-0.15, -0.1) is 11.3 Å². The van der Waals surface area contributed by atoms with Crippen LogP contribution in [0.25, 0.3) is 0 Å². The second-order valence-corrected chi connectivity index (χ2v) is 5.94. The van der Waals surface area contributed by atoms with Crippen molar-refractivity contribution in [2.75, 3.05) is 0 Å². The van der Waals surface area contributed by atoms with Gasteiger partial charge in [0.2, 0.25) is 0 Å². The number of nitrogens with zero attached hydrogens (tertiary/aromatic N) is 3. The number of hydrogen-bond donors (Lipinski definition) is 1. The van der Waals surface area contributed by atoms with Crippen LogP contribution in [0.4, 0.5) is 13.2 Å². The first-order valence-electron chi connectivity index (χ1n) is 6.22. The van der Waals surface area contributed by atoms with Gasteiger partial charge in [-0.2, -0.15) is 18.3 Å². The summed E-state index contributed by atoms with van der Waals surface area (Å²) in [6, 6.07) is 3.16. The van der Waals surface area contributed by atoms with Crippen LogP contribution in [0.3, 0.4) is 0 Å². The van der Waals surface area contributed by atoms with E-state index in [4.69, 9.17) is 5.73 Å². The third-order valence-electron chi connectivity index (χ3n) is 3.38. The van der Waals surface area contributed by atoms with Gasteiger partial charge in [0.25, 0.3) is 0 Å². The summed E-state index contributed by atoms with van der Waals surface area (Å²) in [7, 11) is 0. The summed E-state index contributed by atoms with van der Waals surface area (Å²) in [5, 5.41) is 6.11. The molecule has 2 aromatic heterocycles. The molecule has 2 aromatic rings. The van der Waals surface area contributed by atoms with Crippen LogP contribution in [0.1, 0.15) is 29.0 Å². The lowest BCUT2D eigenvalue weighted by Gasteiger charge is -2.28. The summed E-state index contributed by atoms with van der Waals surface area (Å²) in [4.78, 5) is 5.37. The first kappa shape index (κ1) is 13.6. The van der Waals surface area contributed by atoms with Crippen LogP contribution >= 0.6 is 11.3 Å². The fourth-order valence-electron chi connectivity index (χ4n) is 2.39. The van der Waals surface area contributed by atoms with Gasteiger partial charge in [-0.05, 0) is 17.9 Å². The largest absolute Gasteiger partial charge is 0.393 e. The van der Waals surface area contributed by atoms with Crippen molar-refractivity contribution in [1.29, 1.82) is 0 Å². The van der Waals surface area contributed by atoms with Crippen molar-refractivity contribution in [2.45, 2.75) is 31.6 Å². The second-order valence-electron chi connectivity index (χ2n) is 4.91. The van der Waals surface area contributed by atoms with E-state index in [1.54, 1.807) is 11.3 Å². The molecule has 0 saturated carbocycles. The molecular formula is C12H13F3N4S. The molecule has 0 amide bonds. The number of aromatic nitrogens is 3. The predicted octanol–water partition coefficient (Wildman–Crippen LogP) is 2.51. The van der Waals surface area contributed by atoms with Gasteiger partial charge in [-0.1, -0.05) is 6.07 Å². The van der Waals surface area contributed by atoms with Crippen LogP contribution in [0.5, 0.6) is 0 Å². The average Bonchev–Trinajstić information content (AvgIpc) is 2.97. The number of thiophene rings is 1. The molecule has 0 spiro atoms. The zero-order valence-corrected chi connectivity index (χ0v) is 11.3. The van der Waals surface area contributed by atoms with Crippen LogP contribution < -0.4 is 5.73 Å². The molecule has 20 heavy (non-hydrogen) atoms. The summed E-state index contributed by atoms with van der Waals surface area (Å²) >= 11 is 1.57. The van der Waals surface area contributed by atoms with Gasteiger partial charge in [0.15, 0.2) is 5.82 Å². The molecule has 0 saturated heterocycles. The van der Waals surface area contributed by atoms with E-state index in [0.717, 1.165) is 4.88 Å². The molecule has 1 aliphatic heterocycles. The Kier molecular flexibility index (Phi) is 3.29. The van der Waals surface area contributed by atoms with Crippen LogP contribution in [-0.2, 0) is 13.0 Å². The number of fused-ring (bicyclic) bond motifs is 1. The predicted molar refractivity (Wildman–Crippen MR) is 68.2 cm³/mol. The smallest absolute Gasteiger partial charge is 0.321 e. The topological polar surface area (TPSA) is 56.7 Å². The van der Waals surface area contributed by atoms with E-state index in [0.29, 0.717) is 18.1 Å². The van der Waals surface area contributed by atoms with E-state index in [1.165, 1.54) is 4.68 Å². The Morgan fingerprint density at radius 2 is 2.25 bits per heavy atom. The molecule has 8 heteroatoms. The Morgan fingerprint density at radius 1 is 1.45 bits per heavy atom. The lowest BCUT2D eigenvalue weighted by atomic mass is 9.96. The van der Waals surface area contributed by atoms with Crippen LogP contribution in [0.15, 0.2) is 17.5 Å². The van der Waals surface area contributed by atoms with E-state index in [1.807, 2.05) is 17.5 Å². The molecule has 0 aliphatic carbocycles. The molecule has 2 N–H and O–H groups in total. The van der Waals surface area contributed by atoms with E-state index in [-0.39, 0.29) is 13.0 Å². The molecule has 3 heterocycles. The summed E-state index contributed by atoms with van der Waals surface area (Å²) in [6.07, 6.45) is -3.84. The van der Waals surface area contributed by atoms with Gasteiger partial charge in [0.05, 0.1) is 18.5 Å². The lowest BCUT2D eigenvalue weighted by Crippen LogP contribution is -2.37. The quantitative estimate of drug-likeness (QED) is 0.927. The van der Waals surface area contributed by atoms with Crippen LogP contribution in [0, 0.1) is 5.92 Å². The fourth-order valence-corrected chi connectivity index (χ4v) is 3.09. The van der Waals surface area contributed by atoms with E-state index >= 15 is 0 Å². The maximum atomic E-state index is 12.8. The molecule has 0 aromatic carbocycles. The lowest BCUT2D eigenvalue weighted by molar-refractivity contribution is -0.184. The van der Waals surface area contributed by atoms with Crippen molar-refractivity contribution in [3.05, 3.63) is 34.0 Å². The minimum Gasteiger partial charge on any atom is -0.321 e. The molecular weight excluding hydrogens is 289 g/mol. The zero-order chi connectivity index (χ0) is 14.3. The Bertz CT molecular complexity index is 590. The molecule has 2 atom stereocenters.